The molecule has 0 saturated heterocycles. The van der Waals surface area contributed by atoms with E-state index in [-0.39, 0.29) is 0 Å². The predicted molar refractivity (Wildman–Crippen MR) is 237 cm³/mol. The van der Waals surface area contributed by atoms with Crippen LogP contribution in [0.1, 0.15) is 65.8 Å². The van der Waals surface area contributed by atoms with Crippen LogP contribution < -0.4 is 4.90 Å². The smallest absolute Gasteiger partial charge is 0.137 e. The van der Waals surface area contributed by atoms with Crippen LogP contribution in [0.2, 0.25) is 0 Å². The summed E-state index contributed by atoms with van der Waals surface area (Å²) in [5.41, 5.74) is 16.1. The van der Waals surface area contributed by atoms with Gasteiger partial charge in [0.15, 0.2) is 0 Å². The molecule has 0 spiro atoms. The molecule has 0 aliphatic heterocycles. The summed E-state index contributed by atoms with van der Waals surface area (Å²) < 4.78 is 6.63. The van der Waals surface area contributed by atoms with Crippen molar-refractivity contribution in [3.05, 3.63) is 222 Å². The fourth-order valence-corrected chi connectivity index (χ4v) is 10.2. The van der Waals surface area contributed by atoms with Crippen LogP contribution in [-0.4, -0.2) is 0 Å². The molecule has 0 N–H and O–H groups in total. The molecule has 1 saturated carbocycles. The quantitative estimate of drug-likeness (QED) is 0.162. The fourth-order valence-electron chi connectivity index (χ4n) is 10.2. The van der Waals surface area contributed by atoms with E-state index in [0.717, 1.165) is 39.0 Å². The molecule has 2 heteroatoms. The molecule has 0 amide bonds. The number of rotatable bonds is 7. The maximum atomic E-state index is 6.63. The zero-order chi connectivity index (χ0) is 37.8. The Bertz CT molecular complexity index is 2840. The Hall–Kier alpha value is -6.64. The molecule has 9 aromatic rings. The number of hydrogen-bond acceptors (Lipinski definition) is 2. The molecule has 0 bridgehead atoms. The van der Waals surface area contributed by atoms with E-state index >= 15 is 0 Å². The number of fused-ring (bicyclic) bond motifs is 6. The molecule has 0 unspecified atom stereocenters. The van der Waals surface area contributed by atoms with Gasteiger partial charge in [-0.15, -0.1) is 0 Å². The molecule has 2 aliphatic rings. The Morgan fingerprint density at radius 3 is 1.84 bits per heavy atom. The Kier molecular flexibility index (Phi) is 8.17. The van der Waals surface area contributed by atoms with E-state index < -0.39 is 5.41 Å². The first-order chi connectivity index (χ1) is 28.3. The van der Waals surface area contributed by atoms with Crippen molar-refractivity contribution in [2.24, 2.45) is 0 Å². The lowest BCUT2D eigenvalue weighted by Gasteiger charge is -2.35. The summed E-state index contributed by atoms with van der Waals surface area (Å²) in [5.74, 6) is 0.635. The first-order valence-electron chi connectivity index (χ1n) is 20.5. The van der Waals surface area contributed by atoms with Crippen molar-refractivity contribution in [2.75, 3.05) is 4.90 Å². The highest BCUT2D eigenvalue weighted by atomic mass is 16.3. The molecular formula is C55H43NO. The maximum Gasteiger partial charge on any atom is 0.137 e. The van der Waals surface area contributed by atoms with E-state index in [1.54, 1.807) is 0 Å². The van der Waals surface area contributed by atoms with Crippen molar-refractivity contribution in [3.8, 4) is 22.3 Å². The highest BCUT2D eigenvalue weighted by molar-refractivity contribution is 6.14. The van der Waals surface area contributed by atoms with Crippen LogP contribution in [0.5, 0.6) is 0 Å². The lowest BCUT2D eigenvalue weighted by atomic mass is 9.67. The van der Waals surface area contributed by atoms with Crippen molar-refractivity contribution < 1.29 is 4.42 Å². The number of hydrogen-bond donors (Lipinski definition) is 0. The van der Waals surface area contributed by atoms with E-state index in [1.807, 2.05) is 0 Å². The fraction of sp³-hybridized carbons (Fsp3) is 0.127. The van der Waals surface area contributed by atoms with Gasteiger partial charge in [0.05, 0.1) is 16.5 Å². The van der Waals surface area contributed by atoms with Gasteiger partial charge >= 0.3 is 0 Å². The summed E-state index contributed by atoms with van der Waals surface area (Å²) in [4.78, 5) is 2.46. The largest absolute Gasteiger partial charge is 0.456 e. The summed E-state index contributed by atoms with van der Waals surface area (Å²) in [6.45, 7) is 0. The minimum Gasteiger partial charge on any atom is -0.456 e. The van der Waals surface area contributed by atoms with Crippen LogP contribution in [0.4, 0.5) is 17.1 Å². The summed E-state index contributed by atoms with van der Waals surface area (Å²) in [6.07, 6.45) is 6.55. The van der Waals surface area contributed by atoms with Crippen LogP contribution in [-0.2, 0) is 5.41 Å². The minimum atomic E-state index is -0.500. The zero-order valence-electron chi connectivity index (χ0n) is 31.9. The van der Waals surface area contributed by atoms with Gasteiger partial charge in [0, 0.05) is 16.8 Å². The van der Waals surface area contributed by atoms with Crippen LogP contribution >= 0.6 is 0 Å². The molecule has 1 fully saturated rings. The molecule has 1 heterocycles. The molecular weight excluding hydrogens is 691 g/mol. The van der Waals surface area contributed by atoms with Gasteiger partial charge in [0.25, 0.3) is 0 Å². The number of nitrogens with zero attached hydrogens (tertiary/aromatic N) is 1. The average Bonchev–Trinajstić information content (AvgIpc) is 3.82. The van der Waals surface area contributed by atoms with Crippen LogP contribution in [0.15, 0.2) is 199 Å². The van der Waals surface area contributed by atoms with Crippen molar-refractivity contribution >= 4 is 39.0 Å². The van der Waals surface area contributed by atoms with E-state index in [9.17, 15) is 0 Å². The SMILES string of the molecule is c1ccc(-c2ccc3oc4cccc(N(c5ccc(C6CCCCC6)cc5)c5cccc(C6(c7ccccc7)c7ccccc7-c7ccccc76)c5)c4c3c2)cc1. The number of anilines is 3. The van der Waals surface area contributed by atoms with Crippen LogP contribution in [0.25, 0.3) is 44.2 Å². The minimum absolute atomic E-state index is 0.500. The standard InChI is InChI=1S/C55H43NO/c1-4-16-38(17-5-1)40-30-33-44(34-31-40)56(51-28-15-29-53-54(51)48-36-41(32-35-52(48)57-53)39-18-6-2-7-19-39)45-23-14-22-43(37-45)55(42-20-8-3-9-21-42)49-26-12-10-24-46(49)47-25-11-13-27-50(47)55/h2-3,6-15,18-38H,1,4-5,16-17H2. The maximum absolute atomic E-state index is 6.63. The topological polar surface area (TPSA) is 16.4 Å². The molecule has 2 aliphatic carbocycles. The third-order valence-corrected chi connectivity index (χ3v) is 12.7. The van der Waals surface area contributed by atoms with Crippen molar-refractivity contribution in [2.45, 2.75) is 43.4 Å². The molecule has 57 heavy (non-hydrogen) atoms. The second kappa shape index (κ2) is 13.8. The Balaban J connectivity index is 1.15. The van der Waals surface area contributed by atoms with E-state index in [2.05, 4.69) is 199 Å². The Morgan fingerprint density at radius 2 is 1.11 bits per heavy atom. The third kappa shape index (κ3) is 5.46. The summed E-state index contributed by atoms with van der Waals surface area (Å²) in [6, 6.07) is 71.6. The molecule has 274 valence electrons. The summed E-state index contributed by atoms with van der Waals surface area (Å²) in [5, 5.41) is 2.22. The summed E-state index contributed by atoms with van der Waals surface area (Å²) >= 11 is 0. The molecule has 0 atom stereocenters. The highest BCUT2D eigenvalue weighted by Gasteiger charge is 2.46. The normalized spacial score (nSPS) is 14.7. The van der Waals surface area contributed by atoms with Gasteiger partial charge in [-0.1, -0.05) is 165 Å². The van der Waals surface area contributed by atoms with Crippen LogP contribution in [0, 0.1) is 0 Å². The molecule has 1 aromatic heterocycles. The second-order valence-electron chi connectivity index (χ2n) is 15.8. The zero-order valence-corrected chi connectivity index (χ0v) is 31.9. The average molecular weight is 734 g/mol. The van der Waals surface area contributed by atoms with Gasteiger partial charge in [-0.2, -0.15) is 0 Å². The van der Waals surface area contributed by atoms with Crippen LogP contribution in [0.3, 0.4) is 0 Å². The monoisotopic (exact) mass is 733 g/mol. The van der Waals surface area contributed by atoms with Gasteiger partial charge in [0.1, 0.15) is 11.2 Å². The van der Waals surface area contributed by atoms with Crippen molar-refractivity contribution in [1.29, 1.82) is 0 Å². The first-order valence-corrected chi connectivity index (χ1v) is 20.5. The van der Waals surface area contributed by atoms with Gasteiger partial charge in [-0.3, -0.25) is 0 Å². The second-order valence-corrected chi connectivity index (χ2v) is 15.8. The van der Waals surface area contributed by atoms with E-state index in [4.69, 9.17) is 4.42 Å². The van der Waals surface area contributed by atoms with Gasteiger partial charge in [-0.25, -0.2) is 0 Å². The third-order valence-electron chi connectivity index (χ3n) is 12.7. The van der Waals surface area contributed by atoms with Crippen molar-refractivity contribution in [3.63, 3.8) is 0 Å². The number of furan rings is 1. The summed E-state index contributed by atoms with van der Waals surface area (Å²) in [7, 11) is 0. The lowest BCUT2D eigenvalue weighted by molar-refractivity contribution is 0.443. The Morgan fingerprint density at radius 1 is 0.456 bits per heavy atom. The van der Waals surface area contributed by atoms with Gasteiger partial charge in [0.2, 0.25) is 0 Å². The van der Waals surface area contributed by atoms with Gasteiger partial charge < -0.3 is 9.32 Å². The van der Waals surface area contributed by atoms with Gasteiger partial charge in [-0.05, 0) is 117 Å². The van der Waals surface area contributed by atoms with Crippen molar-refractivity contribution in [1.82, 2.24) is 0 Å². The molecule has 11 rings (SSSR count). The first kappa shape index (κ1) is 33.7. The predicted octanol–water partition coefficient (Wildman–Crippen LogP) is 15.1. The highest BCUT2D eigenvalue weighted by Crippen LogP contribution is 2.57. The molecule has 2 nitrogen and oxygen atoms in total. The lowest BCUT2D eigenvalue weighted by Crippen LogP contribution is -2.28. The molecule has 0 radical (unpaired) electrons. The molecule has 8 aromatic carbocycles. The van der Waals surface area contributed by atoms with E-state index in [1.165, 1.54) is 82.2 Å². The van der Waals surface area contributed by atoms with E-state index in [0.29, 0.717) is 5.92 Å². The Labute approximate surface area is 334 Å². The number of benzene rings is 8.